The van der Waals surface area contributed by atoms with E-state index in [1.54, 1.807) is 4.68 Å². The minimum atomic E-state index is -0.947. The monoisotopic (exact) mass is 308 g/mol. The molecule has 0 saturated carbocycles. The largest absolute Gasteiger partial charge is 0.478 e. The summed E-state index contributed by atoms with van der Waals surface area (Å²) in [6.45, 7) is 3.91. The first kappa shape index (κ1) is 12.8. The van der Waals surface area contributed by atoms with Crippen molar-refractivity contribution in [3.05, 3.63) is 46.2 Å². The average Bonchev–Trinajstić information content (AvgIpc) is 2.74. The molecule has 1 aromatic heterocycles. The minimum Gasteiger partial charge on any atom is -0.478 e. The first-order valence-corrected chi connectivity index (χ1v) is 6.37. The fourth-order valence-electron chi connectivity index (χ4n) is 1.89. The molecule has 0 bridgehead atoms. The van der Waals surface area contributed by atoms with Crippen molar-refractivity contribution in [1.82, 2.24) is 9.78 Å². The lowest BCUT2D eigenvalue weighted by Crippen LogP contribution is -2.08. The topological polar surface area (TPSA) is 55.1 Å². The number of aromatic carboxylic acids is 1. The van der Waals surface area contributed by atoms with Crippen LogP contribution >= 0.6 is 15.9 Å². The summed E-state index contributed by atoms with van der Waals surface area (Å²) in [5.41, 5.74) is 1.80. The molecule has 0 unspecified atom stereocenters. The standard InChI is InChI=1S/C13H13BrN2O2/c1-8(2)12-9(13(17)18)7-15-16(12)11-6-4-3-5-10(11)14/h3-8H,1-2H3,(H,17,18). The maximum atomic E-state index is 11.2. The van der Waals surface area contributed by atoms with E-state index < -0.39 is 5.97 Å². The smallest absolute Gasteiger partial charge is 0.339 e. The summed E-state index contributed by atoms with van der Waals surface area (Å²) in [4.78, 5) is 11.2. The Labute approximate surface area is 113 Å². The maximum Gasteiger partial charge on any atom is 0.339 e. The van der Waals surface area contributed by atoms with E-state index >= 15 is 0 Å². The third kappa shape index (κ3) is 2.18. The van der Waals surface area contributed by atoms with E-state index in [4.69, 9.17) is 0 Å². The van der Waals surface area contributed by atoms with Crippen molar-refractivity contribution < 1.29 is 9.90 Å². The molecule has 0 aliphatic rings. The molecule has 4 nitrogen and oxygen atoms in total. The predicted molar refractivity (Wildman–Crippen MR) is 72.3 cm³/mol. The van der Waals surface area contributed by atoms with E-state index in [2.05, 4.69) is 21.0 Å². The predicted octanol–water partition coefficient (Wildman–Crippen LogP) is 3.46. The van der Waals surface area contributed by atoms with Crippen LogP contribution < -0.4 is 0 Å². The molecule has 0 saturated heterocycles. The summed E-state index contributed by atoms with van der Waals surface area (Å²) in [6, 6.07) is 7.60. The second kappa shape index (κ2) is 4.94. The third-order valence-electron chi connectivity index (χ3n) is 2.66. The summed E-state index contributed by atoms with van der Waals surface area (Å²) in [6.07, 6.45) is 1.40. The molecular weight excluding hydrogens is 296 g/mol. The fourth-order valence-corrected chi connectivity index (χ4v) is 2.35. The fraction of sp³-hybridized carbons (Fsp3) is 0.231. The normalized spacial score (nSPS) is 10.9. The summed E-state index contributed by atoms with van der Waals surface area (Å²) >= 11 is 3.45. The van der Waals surface area contributed by atoms with Gasteiger partial charge in [0.15, 0.2) is 0 Å². The lowest BCUT2D eigenvalue weighted by molar-refractivity contribution is 0.0695. The minimum absolute atomic E-state index is 0.0747. The van der Waals surface area contributed by atoms with Crippen LogP contribution in [0.1, 0.15) is 35.8 Å². The van der Waals surface area contributed by atoms with Crippen LogP contribution in [-0.4, -0.2) is 20.9 Å². The highest BCUT2D eigenvalue weighted by Crippen LogP contribution is 2.27. The van der Waals surface area contributed by atoms with Gasteiger partial charge < -0.3 is 5.11 Å². The molecule has 0 aliphatic heterocycles. The second-order valence-electron chi connectivity index (χ2n) is 4.27. The number of carboxylic acid groups (broad SMARTS) is 1. The van der Waals surface area contributed by atoms with E-state index in [0.29, 0.717) is 5.69 Å². The number of para-hydroxylation sites is 1. The summed E-state index contributed by atoms with van der Waals surface area (Å²) in [5.74, 6) is -0.872. The Balaban J connectivity index is 2.66. The molecule has 1 N–H and O–H groups in total. The van der Waals surface area contributed by atoms with Gasteiger partial charge in [0.25, 0.3) is 0 Å². The SMILES string of the molecule is CC(C)c1c(C(=O)O)cnn1-c1ccccc1Br. The van der Waals surface area contributed by atoms with Crippen molar-refractivity contribution in [2.24, 2.45) is 0 Å². The Kier molecular flexibility index (Phi) is 3.52. The number of hydrogen-bond donors (Lipinski definition) is 1. The molecule has 94 valence electrons. The first-order valence-electron chi connectivity index (χ1n) is 5.58. The van der Waals surface area contributed by atoms with Gasteiger partial charge in [0.05, 0.1) is 17.6 Å². The Morgan fingerprint density at radius 1 is 1.39 bits per heavy atom. The van der Waals surface area contributed by atoms with E-state index in [0.717, 1.165) is 10.2 Å². The molecule has 0 atom stereocenters. The van der Waals surface area contributed by atoms with Gasteiger partial charge in [-0.1, -0.05) is 26.0 Å². The van der Waals surface area contributed by atoms with Crippen molar-refractivity contribution in [2.75, 3.05) is 0 Å². The average molecular weight is 309 g/mol. The van der Waals surface area contributed by atoms with E-state index in [1.807, 2.05) is 38.1 Å². The Hall–Kier alpha value is -1.62. The highest BCUT2D eigenvalue weighted by Gasteiger charge is 2.20. The maximum absolute atomic E-state index is 11.2. The molecule has 0 radical (unpaired) electrons. The van der Waals surface area contributed by atoms with Crippen LogP contribution in [0.5, 0.6) is 0 Å². The van der Waals surface area contributed by atoms with Gasteiger partial charge in [-0.15, -0.1) is 0 Å². The van der Waals surface area contributed by atoms with Crippen LogP contribution in [0.3, 0.4) is 0 Å². The summed E-state index contributed by atoms with van der Waals surface area (Å²) < 4.78 is 2.56. The zero-order valence-corrected chi connectivity index (χ0v) is 11.7. The lowest BCUT2D eigenvalue weighted by atomic mass is 10.1. The van der Waals surface area contributed by atoms with E-state index in [-0.39, 0.29) is 11.5 Å². The van der Waals surface area contributed by atoms with Gasteiger partial charge in [0.2, 0.25) is 0 Å². The molecule has 2 aromatic rings. The van der Waals surface area contributed by atoms with Crippen molar-refractivity contribution in [2.45, 2.75) is 19.8 Å². The van der Waals surface area contributed by atoms with Crippen LogP contribution in [0.4, 0.5) is 0 Å². The Morgan fingerprint density at radius 2 is 2.06 bits per heavy atom. The van der Waals surface area contributed by atoms with Gasteiger partial charge in [0.1, 0.15) is 5.56 Å². The molecule has 0 spiro atoms. The van der Waals surface area contributed by atoms with Crippen molar-refractivity contribution in [1.29, 1.82) is 0 Å². The number of rotatable bonds is 3. The van der Waals surface area contributed by atoms with Gasteiger partial charge in [-0.3, -0.25) is 0 Å². The zero-order valence-electron chi connectivity index (χ0n) is 10.1. The molecule has 1 heterocycles. The molecule has 0 fully saturated rings. The van der Waals surface area contributed by atoms with Crippen LogP contribution in [-0.2, 0) is 0 Å². The van der Waals surface area contributed by atoms with Crippen molar-refractivity contribution >= 4 is 21.9 Å². The molecule has 0 aliphatic carbocycles. The number of carboxylic acids is 1. The summed E-state index contributed by atoms with van der Waals surface area (Å²) in [7, 11) is 0. The molecule has 2 rings (SSSR count). The van der Waals surface area contributed by atoms with Gasteiger partial charge >= 0.3 is 5.97 Å². The van der Waals surface area contributed by atoms with Crippen LogP contribution in [0.2, 0.25) is 0 Å². The quantitative estimate of drug-likeness (QED) is 0.944. The van der Waals surface area contributed by atoms with E-state index in [9.17, 15) is 9.90 Å². The number of carbonyl (C=O) groups is 1. The number of nitrogens with zero attached hydrogens (tertiary/aromatic N) is 2. The van der Waals surface area contributed by atoms with Crippen LogP contribution in [0.25, 0.3) is 5.69 Å². The van der Waals surface area contributed by atoms with Gasteiger partial charge in [-0.2, -0.15) is 5.10 Å². The van der Waals surface area contributed by atoms with Gasteiger partial charge in [-0.05, 0) is 34.0 Å². The highest BCUT2D eigenvalue weighted by atomic mass is 79.9. The summed E-state index contributed by atoms with van der Waals surface area (Å²) in [5, 5.41) is 13.4. The zero-order chi connectivity index (χ0) is 13.3. The highest BCUT2D eigenvalue weighted by molar-refractivity contribution is 9.10. The molecule has 18 heavy (non-hydrogen) atoms. The van der Waals surface area contributed by atoms with Crippen molar-refractivity contribution in [3.8, 4) is 5.69 Å². The Morgan fingerprint density at radius 3 is 2.61 bits per heavy atom. The number of halogens is 1. The molecule has 0 amide bonds. The van der Waals surface area contributed by atoms with Crippen LogP contribution in [0.15, 0.2) is 34.9 Å². The lowest BCUT2D eigenvalue weighted by Gasteiger charge is -2.12. The third-order valence-corrected chi connectivity index (χ3v) is 3.33. The Bertz CT molecular complexity index is 590. The molecule has 1 aromatic carbocycles. The number of benzene rings is 1. The molecular formula is C13H13BrN2O2. The first-order chi connectivity index (χ1) is 8.52. The number of hydrogen-bond acceptors (Lipinski definition) is 2. The van der Waals surface area contributed by atoms with Gasteiger partial charge in [-0.25, -0.2) is 9.48 Å². The van der Waals surface area contributed by atoms with Gasteiger partial charge in [0, 0.05) is 4.47 Å². The van der Waals surface area contributed by atoms with Crippen molar-refractivity contribution in [3.63, 3.8) is 0 Å². The number of aromatic nitrogens is 2. The van der Waals surface area contributed by atoms with E-state index in [1.165, 1.54) is 6.20 Å². The second-order valence-corrected chi connectivity index (χ2v) is 5.12. The molecule has 5 heteroatoms. The van der Waals surface area contributed by atoms with Crippen LogP contribution in [0, 0.1) is 0 Å².